The zero-order chi connectivity index (χ0) is 10.7. The van der Waals surface area contributed by atoms with Gasteiger partial charge in [0.05, 0.1) is 5.56 Å². The lowest BCUT2D eigenvalue weighted by molar-refractivity contribution is 0.112. The SMILES string of the molecule is N#Cc1[nH]c(=O)c(C(F)F)cc1C=O. The van der Waals surface area contributed by atoms with E-state index >= 15 is 0 Å². The van der Waals surface area contributed by atoms with Gasteiger partial charge in [-0.3, -0.25) is 9.59 Å². The molecule has 1 heterocycles. The van der Waals surface area contributed by atoms with Crippen LogP contribution in [0.15, 0.2) is 10.9 Å². The van der Waals surface area contributed by atoms with Crippen LogP contribution in [0.3, 0.4) is 0 Å². The Balaban J connectivity index is 3.48. The van der Waals surface area contributed by atoms with Crippen LogP contribution in [0, 0.1) is 11.3 Å². The number of hydrogen-bond acceptors (Lipinski definition) is 3. The maximum Gasteiger partial charge on any atom is 0.269 e. The molecule has 0 unspecified atom stereocenters. The van der Waals surface area contributed by atoms with Crippen molar-refractivity contribution in [2.45, 2.75) is 6.43 Å². The van der Waals surface area contributed by atoms with Crippen molar-refractivity contribution < 1.29 is 13.6 Å². The predicted octanol–water partition coefficient (Wildman–Crippen LogP) is 0.997. The van der Waals surface area contributed by atoms with Gasteiger partial charge in [-0.25, -0.2) is 8.78 Å². The van der Waals surface area contributed by atoms with Gasteiger partial charge in [0.1, 0.15) is 11.8 Å². The van der Waals surface area contributed by atoms with Crippen LogP contribution in [0.4, 0.5) is 8.78 Å². The van der Waals surface area contributed by atoms with E-state index in [1.807, 2.05) is 4.98 Å². The second-order valence-electron chi connectivity index (χ2n) is 2.41. The van der Waals surface area contributed by atoms with Crippen LogP contribution in [0.5, 0.6) is 0 Å². The summed E-state index contributed by atoms with van der Waals surface area (Å²) in [6.07, 6.45) is -2.73. The molecule has 0 radical (unpaired) electrons. The molecule has 0 saturated carbocycles. The van der Waals surface area contributed by atoms with Crippen LogP contribution >= 0.6 is 0 Å². The molecule has 0 aliphatic carbocycles. The van der Waals surface area contributed by atoms with E-state index in [0.29, 0.717) is 0 Å². The van der Waals surface area contributed by atoms with Crippen LogP contribution in [-0.2, 0) is 0 Å². The standard InChI is InChI=1S/C8H4F2N2O2/c9-7(10)5-1-4(3-13)6(2-11)12-8(5)14/h1,3,7H,(H,12,14). The van der Waals surface area contributed by atoms with Crippen molar-refractivity contribution in [3.8, 4) is 6.07 Å². The van der Waals surface area contributed by atoms with E-state index in [2.05, 4.69) is 0 Å². The monoisotopic (exact) mass is 198 g/mol. The lowest BCUT2D eigenvalue weighted by atomic mass is 10.1. The van der Waals surface area contributed by atoms with Gasteiger partial charge in [-0.1, -0.05) is 0 Å². The smallest absolute Gasteiger partial charge is 0.269 e. The van der Waals surface area contributed by atoms with Crippen molar-refractivity contribution in [2.75, 3.05) is 0 Å². The number of rotatable bonds is 2. The molecule has 0 bridgehead atoms. The van der Waals surface area contributed by atoms with Crippen LogP contribution < -0.4 is 5.56 Å². The highest BCUT2D eigenvalue weighted by molar-refractivity contribution is 5.78. The number of aromatic amines is 1. The molecule has 1 aromatic rings. The minimum absolute atomic E-state index is 0.236. The van der Waals surface area contributed by atoms with E-state index < -0.39 is 17.5 Å². The van der Waals surface area contributed by atoms with Gasteiger partial charge < -0.3 is 4.98 Å². The van der Waals surface area contributed by atoms with Crippen molar-refractivity contribution in [3.05, 3.63) is 33.2 Å². The lowest BCUT2D eigenvalue weighted by Gasteiger charge is -2.00. The highest BCUT2D eigenvalue weighted by Gasteiger charge is 2.15. The average molecular weight is 198 g/mol. The maximum atomic E-state index is 12.2. The van der Waals surface area contributed by atoms with Crippen molar-refractivity contribution in [1.82, 2.24) is 4.98 Å². The molecule has 1 aromatic heterocycles. The van der Waals surface area contributed by atoms with Gasteiger partial charge in [-0.15, -0.1) is 0 Å². The first kappa shape index (κ1) is 10.1. The van der Waals surface area contributed by atoms with Crippen LogP contribution in [0.25, 0.3) is 0 Å². The number of halogens is 2. The summed E-state index contributed by atoms with van der Waals surface area (Å²) in [6.45, 7) is 0. The fraction of sp³-hybridized carbons (Fsp3) is 0.125. The Morgan fingerprint density at radius 2 is 2.21 bits per heavy atom. The molecular formula is C8H4F2N2O2. The summed E-state index contributed by atoms with van der Waals surface area (Å²) in [7, 11) is 0. The molecular weight excluding hydrogens is 194 g/mol. The second-order valence-corrected chi connectivity index (χ2v) is 2.41. The molecule has 0 spiro atoms. The largest absolute Gasteiger partial charge is 0.313 e. The Bertz CT molecular complexity index is 459. The van der Waals surface area contributed by atoms with Crippen molar-refractivity contribution in [2.24, 2.45) is 0 Å². The molecule has 0 aromatic carbocycles. The highest BCUT2D eigenvalue weighted by Crippen LogP contribution is 2.15. The highest BCUT2D eigenvalue weighted by atomic mass is 19.3. The Labute approximate surface area is 76.8 Å². The Kier molecular flexibility index (Phi) is 2.72. The van der Waals surface area contributed by atoms with Crippen molar-refractivity contribution >= 4 is 6.29 Å². The van der Waals surface area contributed by atoms with Gasteiger partial charge in [-0.05, 0) is 6.07 Å². The normalized spacial score (nSPS) is 9.86. The second kappa shape index (κ2) is 3.79. The van der Waals surface area contributed by atoms with Gasteiger partial charge >= 0.3 is 0 Å². The number of carbonyl (C=O) groups is 1. The summed E-state index contributed by atoms with van der Waals surface area (Å²) in [4.78, 5) is 23.2. The third-order valence-corrected chi connectivity index (χ3v) is 1.57. The number of nitriles is 1. The topological polar surface area (TPSA) is 73.7 Å². The fourth-order valence-electron chi connectivity index (χ4n) is 0.911. The number of hydrogen-bond donors (Lipinski definition) is 1. The molecule has 0 atom stereocenters. The summed E-state index contributed by atoms with van der Waals surface area (Å²) in [6, 6.07) is 2.24. The molecule has 1 rings (SSSR count). The van der Waals surface area contributed by atoms with Gasteiger partial charge in [-0.2, -0.15) is 5.26 Å². The molecule has 0 fully saturated rings. The molecule has 0 aliphatic rings. The van der Waals surface area contributed by atoms with Crippen LogP contribution in [0.1, 0.15) is 28.0 Å². The van der Waals surface area contributed by atoms with E-state index in [1.165, 1.54) is 6.07 Å². The van der Waals surface area contributed by atoms with Gasteiger partial charge in [0, 0.05) is 5.56 Å². The summed E-state index contributed by atoms with van der Waals surface area (Å²) in [5.41, 5.74) is -2.43. The summed E-state index contributed by atoms with van der Waals surface area (Å²) < 4.78 is 24.3. The summed E-state index contributed by atoms with van der Waals surface area (Å²) >= 11 is 0. The first-order valence-corrected chi connectivity index (χ1v) is 3.50. The van der Waals surface area contributed by atoms with Crippen LogP contribution in [0.2, 0.25) is 0 Å². The molecule has 72 valence electrons. The molecule has 0 aliphatic heterocycles. The molecule has 6 heteroatoms. The third kappa shape index (κ3) is 1.66. The molecule has 0 amide bonds. The van der Waals surface area contributed by atoms with E-state index in [1.54, 1.807) is 0 Å². The molecule has 4 nitrogen and oxygen atoms in total. The maximum absolute atomic E-state index is 12.2. The van der Waals surface area contributed by atoms with E-state index in [4.69, 9.17) is 5.26 Å². The zero-order valence-electron chi connectivity index (χ0n) is 6.75. The number of alkyl halides is 2. The van der Waals surface area contributed by atoms with Crippen molar-refractivity contribution in [1.29, 1.82) is 5.26 Å². The number of aldehydes is 1. The van der Waals surface area contributed by atoms with Crippen molar-refractivity contribution in [3.63, 3.8) is 0 Å². The summed E-state index contributed by atoms with van der Waals surface area (Å²) in [5, 5.41) is 8.44. The average Bonchev–Trinajstić information content (AvgIpc) is 2.16. The molecule has 14 heavy (non-hydrogen) atoms. The number of H-pyrrole nitrogens is 1. The van der Waals surface area contributed by atoms with Gasteiger partial charge in [0.2, 0.25) is 0 Å². The van der Waals surface area contributed by atoms with Gasteiger partial charge in [0.15, 0.2) is 6.29 Å². The first-order valence-electron chi connectivity index (χ1n) is 3.50. The minimum Gasteiger partial charge on any atom is -0.313 e. The Morgan fingerprint density at radius 1 is 1.57 bits per heavy atom. The molecule has 0 saturated heterocycles. The third-order valence-electron chi connectivity index (χ3n) is 1.57. The molecule has 1 N–H and O–H groups in total. The fourth-order valence-corrected chi connectivity index (χ4v) is 0.911. The number of carbonyl (C=O) groups excluding carboxylic acids is 1. The van der Waals surface area contributed by atoms with E-state index in [0.717, 1.165) is 6.07 Å². The van der Waals surface area contributed by atoms with E-state index in [-0.39, 0.29) is 17.5 Å². The lowest BCUT2D eigenvalue weighted by Crippen LogP contribution is -2.16. The predicted molar refractivity (Wildman–Crippen MR) is 42.1 cm³/mol. The number of nitrogens with one attached hydrogen (secondary N) is 1. The zero-order valence-corrected chi connectivity index (χ0v) is 6.75. The first-order chi connectivity index (χ1) is 6.60. The summed E-state index contributed by atoms with van der Waals surface area (Å²) in [5.74, 6) is 0. The number of aromatic nitrogens is 1. The van der Waals surface area contributed by atoms with Crippen LogP contribution in [-0.4, -0.2) is 11.3 Å². The Morgan fingerprint density at radius 3 is 2.64 bits per heavy atom. The number of nitrogens with zero attached hydrogens (tertiary/aromatic N) is 1. The number of pyridine rings is 1. The van der Waals surface area contributed by atoms with E-state index in [9.17, 15) is 18.4 Å². The Hall–Kier alpha value is -2.03. The minimum atomic E-state index is -2.97. The quantitative estimate of drug-likeness (QED) is 0.720. The van der Waals surface area contributed by atoms with Gasteiger partial charge in [0.25, 0.3) is 12.0 Å².